The molecule has 7 heteroatoms. The summed E-state index contributed by atoms with van der Waals surface area (Å²) in [6, 6.07) is 16.7. The Hall–Kier alpha value is -3.11. The van der Waals surface area contributed by atoms with Crippen LogP contribution in [0.15, 0.2) is 59.5 Å². The van der Waals surface area contributed by atoms with Gasteiger partial charge in [-0.2, -0.15) is 5.26 Å². The smallest absolute Gasteiger partial charge is 0.278 e. The molecule has 0 aliphatic carbocycles. The summed E-state index contributed by atoms with van der Waals surface area (Å²) in [5, 5.41) is 21.8. The number of para-hydroxylation sites is 1. The number of carbonyl (C=O) groups is 1. The number of hydrogen-bond donors (Lipinski definition) is 1. The number of rotatable bonds is 6. The molecule has 0 spiro atoms. The molecular formula is C19H17N5OS. The van der Waals surface area contributed by atoms with Gasteiger partial charge >= 0.3 is 0 Å². The lowest BCUT2D eigenvalue weighted by Crippen LogP contribution is -2.15. The summed E-state index contributed by atoms with van der Waals surface area (Å²) < 4.78 is 1.71. The molecule has 1 amide bonds. The minimum atomic E-state index is -0.295. The molecule has 6 nitrogen and oxygen atoms in total. The van der Waals surface area contributed by atoms with E-state index in [4.69, 9.17) is 5.26 Å². The summed E-state index contributed by atoms with van der Waals surface area (Å²) >= 11 is 1.08. The van der Waals surface area contributed by atoms with E-state index in [1.807, 2.05) is 35.7 Å². The number of nitrogens with zero attached hydrogens (tertiary/aromatic N) is 4. The Labute approximate surface area is 155 Å². The monoisotopic (exact) mass is 363 g/mol. The highest BCUT2D eigenvalue weighted by Crippen LogP contribution is 2.20. The second-order valence-corrected chi connectivity index (χ2v) is 6.41. The average molecular weight is 363 g/mol. The van der Waals surface area contributed by atoms with Gasteiger partial charge in [0.25, 0.3) is 5.91 Å². The molecule has 1 aromatic heterocycles. The molecule has 0 unspecified atom stereocenters. The molecule has 1 N–H and O–H groups in total. The maximum Gasteiger partial charge on any atom is 0.278 e. The van der Waals surface area contributed by atoms with E-state index < -0.39 is 0 Å². The van der Waals surface area contributed by atoms with Gasteiger partial charge in [-0.1, -0.05) is 36.8 Å². The molecular weight excluding hydrogens is 346 g/mol. The summed E-state index contributed by atoms with van der Waals surface area (Å²) in [6.07, 6.45) is 1.57. The first kappa shape index (κ1) is 17.7. The number of amides is 1. The SMILES string of the molecule is CCCc1c(C(=O)Nc2ccc(SC#N)cc2)nnn1-c1ccccc1. The molecule has 0 saturated heterocycles. The minimum Gasteiger partial charge on any atom is -0.321 e. The summed E-state index contributed by atoms with van der Waals surface area (Å²) in [7, 11) is 0. The molecule has 0 radical (unpaired) electrons. The molecule has 0 aliphatic heterocycles. The van der Waals surface area contributed by atoms with E-state index in [-0.39, 0.29) is 5.91 Å². The number of nitrogens with one attached hydrogen (secondary N) is 1. The standard InChI is InChI=1S/C19H17N5OS/c1-2-6-17-18(22-23-24(17)15-7-4-3-5-8-15)19(25)21-14-9-11-16(12-10-14)26-13-20/h3-5,7-12H,2,6H2,1H3,(H,21,25). The molecule has 0 aliphatic rings. The van der Waals surface area contributed by atoms with E-state index in [0.29, 0.717) is 17.8 Å². The van der Waals surface area contributed by atoms with Gasteiger partial charge < -0.3 is 5.32 Å². The highest BCUT2D eigenvalue weighted by Gasteiger charge is 2.20. The van der Waals surface area contributed by atoms with Crippen molar-refractivity contribution >= 4 is 23.4 Å². The number of benzene rings is 2. The number of thioether (sulfide) groups is 1. The lowest BCUT2D eigenvalue weighted by molar-refractivity contribution is 0.102. The zero-order chi connectivity index (χ0) is 18.4. The largest absolute Gasteiger partial charge is 0.321 e. The summed E-state index contributed by atoms with van der Waals surface area (Å²) in [6.45, 7) is 2.05. The molecule has 3 rings (SSSR count). The Balaban J connectivity index is 1.85. The van der Waals surface area contributed by atoms with Crippen molar-refractivity contribution in [2.45, 2.75) is 24.7 Å². The van der Waals surface area contributed by atoms with E-state index >= 15 is 0 Å². The Bertz CT molecular complexity index is 929. The van der Waals surface area contributed by atoms with Crippen molar-refractivity contribution in [3.8, 4) is 11.1 Å². The van der Waals surface area contributed by atoms with Crippen molar-refractivity contribution in [3.05, 3.63) is 66.0 Å². The van der Waals surface area contributed by atoms with E-state index in [1.54, 1.807) is 28.9 Å². The first-order valence-electron chi connectivity index (χ1n) is 8.20. The Morgan fingerprint density at radius 1 is 1.19 bits per heavy atom. The topological polar surface area (TPSA) is 83.6 Å². The second kappa shape index (κ2) is 8.32. The van der Waals surface area contributed by atoms with Gasteiger partial charge in [-0.05, 0) is 54.6 Å². The quantitative estimate of drug-likeness (QED) is 0.528. The number of nitriles is 1. The highest BCUT2D eigenvalue weighted by molar-refractivity contribution is 8.03. The minimum absolute atomic E-state index is 0.295. The van der Waals surface area contributed by atoms with Gasteiger partial charge in [0.1, 0.15) is 5.40 Å². The maximum absolute atomic E-state index is 12.7. The van der Waals surface area contributed by atoms with Crippen molar-refractivity contribution in [3.63, 3.8) is 0 Å². The van der Waals surface area contributed by atoms with Gasteiger partial charge in [0, 0.05) is 10.6 Å². The molecule has 2 aromatic carbocycles. The molecule has 0 atom stereocenters. The summed E-state index contributed by atoms with van der Waals surface area (Å²) in [5.41, 5.74) is 2.63. The van der Waals surface area contributed by atoms with Gasteiger partial charge in [0.2, 0.25) is 0 Å². The van der Waals surface area contributed by atoms with Crippen LogP contribution in [0.4, 0.5) is 5.69 Å². The number of thiocyanates is 1. The van der Waals surface area contributed by atoms with E-state index in [9.17, 15) is 4.79 Å². The van der Waals surface area contributed by atoms with Crippen LogP contribution in [-0.4, -0.2) is 20.9 Å². The van der Waals surface area contributed by atoms with Crippen molar-refractivity contribution in [2.75, 3.05) is 5.32 Å². The van der Waals surface area contributed by atoms with Crippen LogP contribution in [0.5, 0.6) is 0 Å². The molecule has 0 fully saturated rings. The van der Waals surface area contributed by atoms with Crippen molar-refractivity contribution in [1.29, 1.82) is 5.26 Å². The molecule has 0 saturated carbocycles. The first-order chi connectivity index (χ1) is 12.7. The zero-order valence-electron chi connectivity index (χ0n) is 14.2. The van der Waals surface area contributed by atoms with E-state index in [0.717, 1.165) is 34.5 Å². The second-order valence-electron chi connectivity index (χ2n) is 5.55. The van der Waals surface area contributed by atoms with Gasteiger partial charge in [-0.3, -0.25) is 4.79 Å². The Morgan fingerprint density at radius 3 is 2.58 bits per heavy atom. The van der Waals surface area contributed by atoms with Crippen LogP contribution in [-0.2, 0) is 6.42 Å². The number of anilines is 1. The molecule has 130 valence electrons. The predicted octanol–water partition coefficient (Wildman–Crippen LogP) is 4.05. The Kier molecular flexibility index (Phi) is 5.66. The average Bonchev–Trinajstić information content (AvgIpc) is 3.08. The third kappa shape index (κ3) is 3.92. The maximum atomic E-state index is 12.7. The van der Waals surface area contributed by atoms with Crippen molar-refractivity contribution < 1.29 is 4.79 Å². The number of carbonyl (C=O) groups excluding carboxylic acids is 1. The summed E-state index contributed by atoms with van der Waals surface area (Å²) in [5.74, 6) is -0.295. The highest BCUT2D eigenvalue weighted by atomic mass is 32.2. The van der Waals surface area contributed by atoms with Crippen LogP contribution >= 0.6 is 11.8 Å². The fourth-order valence-corrected chi connectivity index (χ4v) is 2.94. The van der Waals surface area contributed by atoms with Crippen LogP contribution in [0, 0.1) is 10.7 Å². The van der Waals surface area contributed by atoms with Gasteiger partial charge in [-0.25, -0.2) is 4.68 Å². The van der Waals surface area contributed by atoms with Crippen LogP contribution < -0.4 is 5.32 Å². The van der Waals surface area contributed by atoms with Gasteiger partial charge in [0.05, 0.1) is 11.4 Å². The van der Waals surface area contributed by atoms with E-state index in [1.165, 1.54) is 0 Å². The molecule has 0 bridgehead atoms. The zero-order valence-corrected chi connectivity index (χ0v) is 15.0. The third-order valence-corrected chi connectivity index (χ3v) is 4.34. The first-order valence-corrected chi connectivity index (χ1v) is 9.02. The number of aromatic nitrogens is 3. The summed E-state index contributed by atoms with van der Waals surface area (Å²) in [4.78, 5) is 13.5. The van der Waals surface area contributed by atoms with E-state index in [2.05, 4.69) is 22.6 Å². The fourth-order valence-electron chi connectivity index (χ4n) is 2.57. The van der Waals surface area contributed by atoms with Crippen LogP contribution in [0.25, 0.3) is 5.69 Å². The third-order valence-electron chi connectivity index (χ3n) is 3.74. The number of hydrogen-bond acceptors (Lipinski definition) is 5. The van der Waals surface area contributed by atoms with Gasteiger partial charge in [0.15, 0.2) is 5.69 Å². The lowest BCUT2D eigenvalue weighted by Gasteiger charge is -2.08. The lowest BCUT2D eigenvalue weighted by atomic mass is 10.2. The predicted molar refractivity (Wildman–Crippen MR) is 101 cm³/mol. The fraction of sp³-hybridized carbons (Fsp3) is 0.158. The molecule has 3 aromatic rings. The normalized spacial score (nSPS) is 10.3. The molecule has 26 heavy (non-hydrogen) atoms. The van der Waals surface area contributed by atoms with Crippen molar-refractivity contribution in [2.24, 2.45) is 0 Å². The van der Waals surface area contributed by atoms with Crippen molar-refractivity contribution in [1.82, 2.24) is 15.0 Å². The van der Waals surface area contributed by atoms with Gasteiger partial charge in [-0.15, -0.1) is 5.10 Å². The Morgan fingerprint density at radius 2 is 1.92 bits per heavy atom. The van der Waals surface area contributed by atoms with Crippen LogP contribution in [0.1, 0.15) is 29.5 Å². The molecule has 1 heterocycles. The van der Waals surface area contributed by atoms with Crippen LogP contribution in [0.2, 0.25) is 0 Å². The van der Waals surface area contributed by atoms with Crippen LogP contribution in [0.3, 0.4) is 0 Å².